The Kier molecular flexibility index (Phi) is 2.89. The van der Waals surface area contributed by atoms with Crippen LogP contribution in [0.5, 0.6) is 0 Å². The number of rotatable bonds is 2. The lowest BCUT2D eigenvalue weighted by Gasteiger charge is -2.16. The second kappa shape index (κ2) is 4.12. The highest BCUT2D eigenvalue weighted by Gasteiger charge is 2.20. The summed E-state index contributed by atoms with van der Waals surface area (Å²) in [6, 6.07) is 3.72. The first kappa shape index (κ1) is 12.6. The molecular formula is C14H18N2O2. The minimum Gasteiger partial charge on any atom is -0.476 e. The van der Waals surface area contributed by atoms with Crippen LogP contribution in [0.2, 0.25) is 0 Å². The largest absolute Gasteiger partial charge is 0.476 e. The number of hydrogen-bond donors (Lipinski definition) is 1. The van der Waals surface area contributed by atoms with Crippen molar-refractivity contribution in [2.75, 3.05) is 0 Å². The molecule has 96 valence electrons. The van der Waals surface area contributed by atoms with Gasteiger partial charge in [0.15, 0.2) is 5.69 Å². The summed E-state index contributed by atoms with van der Waals surface area (Å²) in [6.45, 7) is 8.33. The first-order valence-corrected chi connectivity index (χ1v) is 5.99. The van der Waals surface area contributed by atoms with Crippen molar-refractivity contribution in [1.29, 1.82) is 0 Å². The molecule has 0 aliphatic carbocycles. The van der Waals surface area contributed by atoms with E-state index in [4.69, 9.17) is 0 Å². The van der Waals surface area contributed by atoms with Crippen LogP contribution >= 0.6 is 0 Å². The second-order valence-electron chi connectivity index (χ2n) is 5.88. The van der Waals surface area contributed by atoms with Gasteiger partial charge in [-0.1, -0.05) is 26.8 Å². The molecule has 18 heavy (non-hydrogen) atoms. The Morgan fingerprint density at radius 3 is 2.61 bits per heavy atom. The van der Waals surface area contributed by atoms with Crippen LogP contribution in [-0.2, 0) is 6.42 Å². The van der Waals surface area contributed by atoms with Crippen LogP contribution in [0.1, 0.15) is 42.6 Å². The zero-order valence-electron chi connectivity index (χ0n) is 11.2. The van der Waals surface area contributed by atoms with Crippen molar-refractivity contribution in [3.63, 3.8) is 0 Å². The van der Waals surface area contributed by atoms with E-state index in [0.717, 1.165) is 17.8 Å². The fourth-order valence-corrected chi connectivity index (χ4v) is 2.01. The van der Waals surface area contributed by atoms with E-state index < -0.39 is 5.97 Å². The van der Waals surface area contributed by atoms with Gasteiger partial charge in [0, 0.05) is 12.6 Å². The number of imidazole rings is 1. The maximum atomic E-state index is 11.2. The zero-order chi connectivity index (χ0) is 13.5. The maximum Gasteiger partial charge on any atom is 0.356 e. The minimum atomic E-state index is -0.975. The molecule has 2 rings (SSSR count). The number of pyridine rings is 1. The van der Waals surface area contributed by atoms with Crippen LogP contribution in [0.15, 0.2) is 18.3 Å². The molecule has 4 nitrogen and oxygen atoms in total. The summed E-state index contributed by atoms with van der Waals surface area (Å²) < 4.78 is 1.89. The van der Waals surface area contributed by atoms with E-state index in [9.17, 15) is 9.90 Å². The van der Waals surface area contributed by atoms with Gasteiger partial charge in [-0.3, -0.25) is 0 Å². The van der Waals surface area contributed by atoms with E-state index in [1.54, 1.807) is 0 Å². The van der Waals surface area contributed by atoms with Crippen molar-refractivity contribution in [3.05, 3.63) is 35.4 Å². The van der Waals surface area contributed by atoms with Crippen molar-refractivity contribution in [2.24, 2.45) is 5.41 Å². The van der Waals surface area contributed by atoms with Crippen LogP contribution in [0.4, 0.5) is 0 Å². The Balaban J connectivity index is 2.65. The molecule has 0 saturated carbocycles. The third kappa shape index (κ3) is 2.37. The van der Waals surface area contributed by atoms with Crippen molar-refractivity contribution >= 4 is 11.5 Å². The lowest BCUT2D eigenvalue weighted by molar-refractivity contribution is 0.0693. The molecule has 0 bridgehead atoms. The Hall–Kier alpha value is -1.84. The number of aryl methyl sites for hydroxylation is 1. The number of aromatic carboxylic acids is 1. The highest BCUT2D eigenvalue weighted by Crippen LogP contribution is 2.23. The Morgan fingerprint density at radius 1 is 1.39 bits per heavy atom. The normalized spacial score (nSPS) is 12.0. The number of carboxylic acids is 1. The smallest absolute Gasteiger partial charge is 0.356 e. The molecule has 0 saturated heterocycles. The van der Waals surface area contributed by atoms with Gasteiger partial charge < -0.3 is 9.51 Å². The molecule has 2 heterocycles. The number of carbonyl (C=O) groups is 1. The van der Waals surface area contributed by atoms with Crippen LogP contribution in [0.3, 0.4) is 0 Å². The molecule has 2 aromatic heterocycles. The van der Waals surface area contributed by atoms with E-state index in [1.807, 2.05) is 29.7 Å². The Bertz CT molecular complexity index is 606. The van der Waals surface area contributed by atoms with Crippen molar-refractivity contribution in [3.8, 4) is 0 Å². The number of hydrogen-bond acceptors (Lipinski definition) is 2. The highest BCUT2D eigenvalue weighted by atomic mass is 16.4. The lowest BCUT2D eigenvalue weighted by Crippen LogP contribution is -2.12. The minimum absolute atomic E-state index is 0.0702. The van der Waals surface area contributed by atoms with Crippen LogP contribution in [-0.4, -0.2) is 20.5 Å². The van der Waals surface area contributed by atoms with Gasteiger partial charge in [-0.25, -0.2) is 9.78 Å². The molecule has 0 amide bonds. The Morgan fingerprint density at radius 2 is 2.06 bits per heavy atom. The zero-order valence-corrected chi connectivity index (χ0v) is 11.2. The number of aromatic nitrogens is 2. The molecule has 0 unspecified atom stereocenters. The van der Waals surface area contributed by atoms with Gasteiger partial charge in [0.2, 0.25) is 0 Å². The van der Waals surface area contributed by atoms with Crippen LogP contribution in [0.25, 0.3) is 5.52 Å². The van der Waals surface area contributed by atoms with E-state index >= 15 is 0 Å². The summed E-state index contributed by atoms with van der Waals surface area (Å²) in [4.78, 5) is 15.5. The topological polar surface area (TPSA) is 54.6 Å². The molecule has 0 fully saturated rings. The number of carboxylic acid groups (broad SMARTS) is 1. The molecule has 0 aromatic carbocycles. The van der Waals surface area contributed by atoms with E-state index in [0.29, 0.717) is 5.52 Å². The van der Waals surface area contributed by atoms with Crippen molar-refractivity contribution in [2.45, 2.75) is 34.1 Å². The molecule has 0 radical (unpaired) electrons. The van der Waals surface area contributed by atoms with Crippen molar-refractivity contribution < 1.29 is 9.90 Å². The predicted octanol–water partition coefficient (Wildman–Crippen LogP) is 2.93. The molecule has 2 aromatic rings. The summed E-state index contributed by atoms with van der Waals surface area (Å²) >= 11 is 0. The van der Waals surface area contributed by atoms with E-state index in [1.165, 1.54) is 0 Å². The van der Waals surface area contributed by atoms with Gasteiger partial charge in [-0.15, -0.1) is 0 Å². The van der Waals surface area contributed by atoms with E-state index in [-0.39, 0.29) is 11.1 Å². The average Bonchev–Trinajstić information content (AvgIpc) is 2.54. The van der Waals surface area contributed by atoms with Crippen LogP contribution < -0.4 is 0 Å². The summed E-state index contributed by atoms with van der Waals surface area (Å²) in [5.74, 6) is -0.171. The summed E-state index contributed by atoms with van der Waals surface area (Å²) in [6.07, 6.45) is 2.68. The fraction of sp³-hybridized carbons (Fsp3) is 0.429. The third-order valence-corrected chi connectivity index (χ3v) is 2.75. The van der Waals surface area contributed by atoms with Gasteiger partial charge in [0.05, 0.1) is 5.52 Å². The summed E-state index contributed by atoms with van der Waals surface area (Å²) in [7, 11) is 0. The monoisotopic (exact) mass is 246 g/mol. The summed E-state index contributed by atoms with van der Waals surface area (Å²) in [5, 5.41) is 9.19. The SMILES string of the molecule is Cc1ccc2c(C(=O)O)nc(CC(C)(C)C)n2c1. The average molecular weight is 246 g/mol. The third-order valence-electron chi connectivity index (χ3n) is 2.75. The molecule has 0 aliphatic heterocycles. The highest BCUT2D eigenvalue weighted by molar-refractivity contribution is 5.93. The molecule has 4 heteroatoms. The van der Waals surface area contributed by atoms with Crippen LogP contribution in [0, 0.1) is 12.3 Å². The Labute approximate surface area is 106 Å². The number of fused-ring (bicyclic) bond motifs is 1. The predicted molar refractivity (Wildman–Crippen MR) is 70.0 cm³/mol. The van der Waals surface area contributed by atoms with Gasteiger partial charge >= 0.3 is 5.97 Å². The first-order valence-electron chi connectivity index (χ1n) is 5.99. The summed E-state index contributed by atoms with van der Waals surface area (Å²) in [5.41, 5.74) is 1.95. The molecular weight excluding hydrogens is 228 g/mol. The standard InChI is InChI=1S/C14H18N2O2/c1-9-5-6-10-12(13(17)18)15-11(16(10)8-9)7-14(2,3)4/h5-6,8H,7H2,1-4H3,(H,17,18). The van der Waals surface area contributed by atoms with E-state index in [2.05, 4.69) is 25.8 Å². The molecule has 0 aliphatic rings. The quantitative estimate of drug-likeness (QED) is 0.886. The van der Waals surface area contributed by atoms with Gasteiger partial charge in [0.1, 0.15) is 5.82 Å². The lowest BCUT2D eigenvalue weighted by atomic mass is 9.92. The fourth-order valence-electron chi connectivity index (χ4n) is 2.01. The van der Waals surface area contributed by atoms with Crippen molar-refractivity contribution in [1.82, 2.24) is 9.38 Å². The second-order valence-corrected chi connectivity index (χ2v) is 5.88. The van der Waals surface area contributed by atoms with Gasteiger partial charge in [-0.2, -0.15) is 0 Å². The maximum absolute atomic E-state index is 11.2. The van der Waals surface area contributed by atoms with Gasteiger partial charge in [-0.05, 0) is 24.0 Å². The van der Waals surface area contributed by atoms with Gasteiger partial charge in [0.25, 0.3) is 0 Å². The molecule has 0 spiro atoms. The number of nitrogens with zero attached hydrogens (tertiary/aromatic N) is 2. The molecule has 1 N–H and O–H groups in total. The molecule has 0 atom stereocenters. The first-order chi connectivity index (χ1) is 8.28.